The number of alkyl halides is 6. The molecule has 0 saturated carbocycles. The maximum atomic E-state index is 13.2. The summed E-state index contributed by atoms with van der Waals surface area (Å²) >= 11 is 0. The van der Waals surface area contributed by atoms with Crippen LogP contribution in [0.5, 0.6) is 0 Å². The van der Waals surface area contributed by atoms with E-state index < -0.39 is 34.8 Å². The Balaban J connectivity index is 1.60. The molecule has 2 heterocycles. The lowest BCUT2D eigenvalue weighted by Crippen LogP contribution is -2.49. The summed E-state index contributed by atoms with van der Waals surface area (Å²) in [5.74, 6) is -0.625. The van der Waals surface area contributed by atoms with Crippen LogP contribution in [0.4, 0.5) is 32.0 Å². The van der Waals surface area contributed by atoms with Gasteiger partial charge in [0.05, 0.1) is 16.6 Å². The third kappa shape index (κ3) is 4.85. The number of hydrogen-bond donors (Lipinski definition) is 0. The second-order valence-corrected chi connectivity index (χ2v) is 8.21. The Bertz CT molecular complexity index is 1320. The van der Waals surface area contributed by atoms with Crippen molar-refractivity contribution in [3.05, 3.63) is 75.6 Å². The minimum Gasteiger partial charge on any atom is -0.368 e. The number of nitrogens with zero attached hydrogens (tertiary/aromatic N) is 3. The lowest BCUT2D eigenvalue weighted by atomic mass is 10.1. The molecule has 0 aliphatic carbocycles. The lowest BCUT2D eigenvalue weighted by molar-refractivity contribution is -0.138. The van der Waals surface area contributed by atoms with Crippen molar-refractivity contribution in [1.82, 2.24) is 9.47 Å². The monoisotopic (exact) mass is 497 g/mol. The summed E-state index contributed by atoms with van der Waals surface area (Å²) in [5, 5.41) is -0.199. The third-order valence-corrected chi connectivity index (χ3v) is 6.08. The van der Waals surface area contributed by atoms with Crippen LogP contribution < -0.4 is 10.3 Å². The van der Waals surface area contributed by atoms with Crippen molar-refractivity contribution in [3.8, 4) is 0 Å². The molecule has 4 rings (SSSR count). The number of benzene rings is 2. The van der Waals surface area contributed by atoms with Crippen molar-refractivity contribution in [3.63, 3.8) is 0 Å². The molecular formula is C24H21F6N3O2. The zero-order valence-electron chi connectivity index (χ0n) is 18.6. The summed E-state index contributed by atoms with van der Waals surface area (Å²) in [6, 6.07) is 7.74. The minimum absolute atomic E-state index is 0.140. The largest absolute Gasteiger partial charge is 0.416 e. The number of aromatic nitrogens is 1. The molecule has 0 atom stereocenters. The maximum absolute atomic E-state index is 13.2. The molecule has 0 N–H and O–H groups in total. The predicted octanol–water partition coefficient (Wildman–Crippen LogP) is 5.02. The molecule has 0 unspecified atom stereocenters. The van der Waals surface area contributed by atoms with Gasteiger partial charge in [-0.05, 0) is 43.3 Å². The molecule has 1 aromatic heterocycles. The lowest BCUT2D eigenvalue weighted by Gasteiger charge is -2.36. The topological polar surface area (TPSA) is 45.6 Å². The highest BCUT2D eigenvalue weighted by atomic mass is 19.4. The van der Waals surface area contributed by atoms with E-state index in [1.165, 1.54) is 23.2 Å². The second kappa shape index (κ2) is 8.94. The van der Waals surface area contributed by atoms with Crippen molar-refractivity contribution < 1.29 is 31.1 Å². The van der Waals surface area contributed by atoms with Crippen LogP contribution >= 0.6 is 0 Å². The van der Waals surface area contributed by atoms with Gasteiger partial charge in [0.2, 0.25) is 5.43 Å². The molecule has 186 valence electrons. The normalized spacial score (nSPS) is 15.1. The number of pyridine rings is 1. The van der Waals surface area contributed by atoms with Gasteiger partial charge < -0.3 is 14.4 Å². The van der Waals surface area contributed by atoms with E-state index >= 15 is 0 Å². The second-order valence-electron chi connectivity index (χ2n) is 8.21. The Kier molecular flexibility index (Phi) is 6.29. The number of carbonyl (C=O) groups is 1. The number of amides is 1. The number of anilines is 1. The molecular weight excluding hydrogens is 476 g/mol. The van der Waals surface area contributed by atoms with E-state index in [-0.39, 0.29) is 42.6 Å². The fraction of sp³-hybridized carbons (Fsp3) is 0.333. The Morgan fingerprint density at radius 3 is 2.11 bits per heavy atom. The summed E-state index contributed by atoms with van der Waals surface area (Å²) < 4.78 is 80.2. The van der Waals surface area contributed by atoms with E-state index in [9.17, 15) is 35.9 Å². The number of fused-ring (bicyclic) bond motifs is 1. The molecule has 1 amide bonds. The minimum atomic E-state index is -4.64. The smallest absolute Gasteiger partial charge is 0.368 e. The van der Waals surface area contributed by atoms with E-state index in [4.69, 9.17) is 0 Å². The van der Waals surface area contributed by atoms with Gasteiger partial charge in [0.25, 0.3) is 5.91 Å². The van der Waals surface area contributed by atoms with Crippen LogP contribution in [0.2, 0.25) is 0 Å². The van der Waals surface area contributed by atoms with E-state index in [1.807, 2.05) is 0 Å². The Morgan fingerprint density at radius 1 is 0.886 bits per heavy atom. The zero-order valence-corrected chi connectivity index (χ0v) is 18.6. The third-order valence-electron chi connectivity index (χ3n) is 6.08. The molecule has 1 aliphatic rings. The van der Waals surface area contributed by atoms with E-state index in [0.29, 0.717) is 12.2 Å². The molecule has 1 fully saturated rings. The number of rotatable bonds is 3. The fourth-order valence-corrected chi connectivity index (χ4v) is 4.20. The summed E-state index contributed by atoms with van der Waals surface area (Å²) in [4.78, 5) is 29.3. The van der Waals surface area contributed by atoms with E-state index in [1.54, 1.807) is 22.5 Å². The summed E-state index contributed by atoms with van der Waals surface area (Å²) in [6.07, 6.45) is -7.77. The number of piperazine rings is 1. The van der Waals surface area contributed by atoms with E-state index in [2.05, 4.69) is 0 Å². The van der Waals surface area contributed by atoms with Crippen LogP contribution in [0.15, 0.2) is 53.5 Å². The van der Waals surface area contributed by atoms with Gasteiger partial charge >= 0.3 is 12.4 Å². The molecule has 11 heteroatoms. The molecule has 0 radical (unpaired) electrons. The number of halogens is 6. The maximum Gasteiger partial charge on any atom is 0.416 e. The first-order chi connectivity index (χ1) is 16.4. The van der Waals surface area contributed by atoms with E-state index in [0.717, 1.165) is 24.3 Å². The highest BCUT2D eigenvalue weighted by Gasteiger charge is 2.33. The molecule has 0 spiro atoms. The molecule has 35 heavy (non-hydrogen) atoms. The van der Waals surface area contributed by atoms with Crippen LogP contribution in [-0.2, 0) is 18.9 Å². The molecule has 5 nitrogen and oxygen atoms in total. The number of hydrogen-bond acceptors (Lipinski definition) is 3. The van der Waals surface area contributed by atoms with Gasteiger partial charge in [0.15, 0.2) is 0 Å². The van der Waals surface area contributed by atoms with Crippen LogP contribution in [0, 0.1) is 0 Å². The van der Waals surface area contributed by atoms with Gasteiger partial charge in [-0.1, -0.05) is 6.07 Å². The van der Waals surface area contributed by atoms with Crippen LogP contribution in [0.1, 0.15) is 28.4 Å². The van der Waals surface area contributed by atoms with Crippen LogP contribution in [0.25, 0.3) is 10.9 Å². The summed E-state index contributed by atoms with van der Waals surface area (Å²) in [7, 11) is 0. The highest BCUT2D eigenvalue weighted by molar-refractivity contribution is 5.97. The van der Waals surface area contributed by atoms with Crippen molar-refractivity contribution in [1.29, 1.82) is 0 Å². The summed E-state index contributed by atoms with van der Waals surface area (Å²) in [5.41, 5.74) is -2.14. The standard InChI is InChI=1S/C24H21F6N3O2/c1-2-31-14-19(21(34)18-13-16(24(28,29)30)6-7-20(18)31)22(35)33-10-8-32(9-11-33)17-5-3-4-15(12-17)23(25,26)27/h3-7,12-14H,2,8-11H2,1H3. The Morgan fingerprint density at radius 2 is 1.51 bits per heavy atom. The van der Waals surface area contributed by atoms with Gasteiger partial charge in [0.1, 0.15) is 5.56 Å². The van der Waals surface area contributed by atoms with Crippen LogP contribution in [0.3, 0.4) is 0 Å². The molecule has 1 saturated heterocycles. The number of aryl methyl sites for hydroxylation is 1. The first-order valence-corrected chi connectivity index (χ1v) is 10.9. The quantitative estimate of drug-likeness (QED) is 0.478. The molecule has 3 aromatic rings. The van der Waals surface area contributed by atoms with Crippen molar-refractivity contribution in [2.45, 2.75) is 25.8 Å². The SMILES string of the molecule is CCn1cc(C(=O)N2CCN(c3cccc(C(F)(F)F)c3)CC2)c(=O)c2cc(C(F)(F)F)ccc21. The van der Waals surface area contributed by atoms with Crippen molar-refractivity contribution in [2.75, 3.05) is 31.1 Å². The van der Waals surface area contributed by atoms with Crippen LogP contribution in [-0.4, -0.2) is 41.6 Å². The number of carbonyl (C=O) groups excluding carboxylic acids is 1. The van der Waals surface area contributed by atoms with Crippen molar-refractivity contribution in [2.24, 2.45) is 0 Å². The van der Waals surface area contributed by atoms with Crippen molar-refractivity contribution >= 4 is 22.5 Å². The first-order valence-electron chi connectivity index (χ1n) is 10.9. The average molecular weight is 497 g/mol. The fourth-order valence-electron chi connectivity index (χ4n) is 4.20. The Labute approximate surface area is 196 Å². The predicted molar refractivity (Wildman–Crippen MR) is 118 cm³/mol. The molecule has 2 aromatic carbocycles. The Hall–Kier alpha value is -3.50. The van der Waals surface area contributed by atoms with Gasteiger partial charge in [0, 0.05) is 50.0 Å². The van der Waals surface area contributed by atoms with Gasteiger partial charge in [-0.2, -0.15) is 26.3 Å². The molecule has 1 aliphatic heterocycles. The molecule has 0 bridgehead atoms. The highest BCUT2D eigenvalue weighted by Crippen LogP contribution is 2.32. The summed E-state index contributed by atoms with van der Waals surface area (Å²) in [6.45, 7) is 2.82. The first kappa shape index (κ1) is 24.6. The van der Waals surface area contributed by atoms with Gasteiger partial charge in [-0.25, -0.2) is 0 Å². The zero-order chi connectivity index (χ0) is 25.5. The average Bonchev–Trinajstić information content (AvgIpc) is 2.83. The van der Waals surface area contributed by atoms with Gasteiger partial charge in [-0.3, -0.25) is 9.59 Å². The van der Waals surface area contributed by atoms with Gasteiger partial charge in [-0.15, -0.1) is 0 Å².